The van der Waals surface area contributed by atoms with Crippen molar-refractivity contribution in [3.8, 4) is 11.3 Å². The Morgan fingerprint density at radius 3 is 2.68 bits per heavy atom. The molecule has 0 bridgehead atoms. The van der Waals surface area contributed by atoms with Crippen LogP contribution in [0.25, 0.3) is 11.3 Å². The number of benzene rings is 1. The maximum absolute atomic E-state index is 4.40. The number of aromatic amines is 1. The van der Waals surface area contributed by atoms with Crippen LogP contribution >= 0.6 is 11.8 Å². The average Bonchev–Trinajstić information content (AvgIpc) is 3.29. The summed E-state index contributed by atoms with van der Waals surface area (Å²) in [6.45, 7) is 9.26. The van der Waals surface area contributed by atoms with Gasteiger partial charge in [-0.05, 0) is 37.6 Å². The number of aryl methyl sites for hydroxylation is 2. The number of nitrogens with one attached hydrogen (secondary N) is 2. The summed E-state index contributed by atoms with van der Waals surface area (Å²) in [6.07, 6.45) is 5.93. The van der Waals surface area contributed by atoms with Crippen molar-refractivity contribution < 1.29 is 0 Å². The smallest absolute Gasteiger partial charge is 0.190 e. The summed E-state index contributed by atoms with van der Waals surface area (Å²) >= 11 is 1.66. The van der Waals surface area contributed by atoms with Crippen molar-refractivity contribution in [1.29, 1.82) is 0 Å². The SMILES string of the molecule is CSc1nnc(CCCNCc2cn[nH]c2-c2ccc(C)cc2)n1CC(C)C. The number of H-pyrrole nitrogens is 1. The molecule has 0 fully saturated rings. The molecule has 0 amide bonds. The fraction of sp³-hybridized carbons (Fsp3) is 0.476. The molecule has 3 rings (SSSR count). The van der Waals surface area contributed by atoms with Crippen LogP contribution in [0.4, 0.5) is 0 Å². The predicted octanol–water partition coefficient (Wildman–Crippen LogP) is 4.08. The van der Waals surface area contributed by atoms with E-state index in [2.05, 4.69) is 81.6 Å². The molecule has 0 aliphatic carbocycles. The van der Waals surface area contributed by atoms with Gasteiger partial charge in [-0.15, -0.1) is 10.2 Å². The van der Waals surface area contributed by atoms with E-state index in [1.165, 1.54) is 16.7 Å². The van der Waals surface area contributed by atoms with Crippen LogP contribution in [0.1, 0.15) is 37.2 Å². The van der Waals surface area contributed by atoms with Gasteiger partial charge in [-0.3, -0.25) is 5.10 Å². The average molecular weight is 399 g/mol. The fourth-order valence-electron chi connectivity index (χ4n) is 3.21. The number of hydrogen-bond donors (Lipinski definition) is 2. The van der Waals surface area contributed by atoms with Crippen LogP contribution < -0.4 is 5.32 Å². The van der Waals surface area contributed by atoms with Crippen molar-refractivity contribution >= 4 is 11.8 Å². The second-order valence-corrected chi connectivity index (χ2v) is 8.30. The highest BCUT2D eigenvalue weighted by Gasteiger charge is 2.12. The first-order valence-corrected chi connectivity index (χ1v) is 11.1. The Morgan fingerprint density at radius 1 is 1.18 bits per heavy atom. The minimum absolute atomic E-state index is 0.583. The normalized spacial score (nSPS) is 11.5. The van der Waals surface area contributed by atoms with Gasteiger partial charge in [0.05, 0.1) is 11.9 Å². The third kappa shape index (κ3) is 5.23. The van der Waals surface area contributed by atoms with Crippen LogP contribution in [0.15, 0.2) is 35.6 Å². The number of rotatable bonds is 10. The van der Waals surface area contributed by atoms with E-state index in [4.69, 9.17) is 0 Å². The zero-order chi connectivity index (χ0) is 19.9. The molecule has 6 nitrogen and oxygen atoms in total. The first-order valence-electron chi connectivity index (χ1n) is 9.84. The zero-order valence-corrected chi connectivity index (χ0v) is 18.0. The summed E-state index contributed by atoms with van der Waals surface area (Å²) in [6, 6.07) is 8.53. The Kier molecular flexibility index (Phi) is 7.28. The van der Waals surface area contributed by atoms with Crippen LogP contribution in [-0.2, 0) is 19.5 Å². The standard InChI is InChI=1S/C21H30N6S/c1-15(2)14-27-19(24-26-21(27)28-4)6-5-11-22-12-18-13-23-25-20(18)17-9-7-16(3)8-10-17/h7-10,13,15,22H,5-6,11-12,14H2,1-4H3,(H,23,25). The molecular weight excluding hydrogens is 368 g/mol. The second kappa shape index (κ2) is 9.89. The minimum atomic E-state index is 0.583. The topological polar surface area (TPSA) is 71.4 Å². The predicted molar refractivity (Wildman–Crippen MR) is 115 cm³/mol. The summed E-state index contributed by atoms with van der Waals surface area (Å²) < 4.78 is 2.26. The maximum Gasteiger partial charge on any atom is 0.190 e. The first-order chi connectivity index (χ1) is 13.6. The highest BCUT2D eigenvalue weighted by molar-refractivity contribution is 7.98. The van der Waals surface area contributed by atoms with E-state index < -0.39 is 0 Å². The van der Waals surface area contributed by atoms with Gasteiger partial charge in [0.2, 0.25) is 0 Å². The second-order valence-electron chi connectivity index (χ2n) is 7.52. The van der Waals surface area contributed by atoms with E-state index in [1.54, 1.807) is 11.8 Å². The summed E-state index contributed by atoms with van der Waals surface area (Å²) in [5.41, 5.74) is 4.72. The molecule has 1 aromatic carbocycles. The monoisotopic (exact) mass is 398 g/mol. The van der Waals surface area contributed by atoms with E-state index in [1.807, 2.05) is 6.20 Å². The molecule has 0 aliphatic rings. The van der Waals surface area contributed by atoms with Gasteiger partial charge in [0.15, 0.2) is 5.16 Å². The molecule has 0 spiro atoms. The van der Waals surface area contributed by atoms with Crippen molar-refractivity contribution in [3.63, 3.8) is 0 Å². The molecule has 2 heterocycles. The van der Waals surface area contributed by atoms with E-state index in [0.717, 1.165) is 49.2 Å². The molecule has 0 unspecified atom stereocenters. The number of aromatic nitrogens is 5. The van der Waals surface area contributed by atoms with E-state index in [-0.39, 0.29) is 0 Å². The molecule has 0 radical (unpaired) electrons. The largest absolute Gasteiger partial charge is 0.313 e. The van der Waals surface area contributed by atoms with Crippen LogP contribution in [0.3, 0.4) is 0 Å². The maximum atomic E-state index is 4.40. The molecule has 0 saturated heterocycles. The molecule has 7 heteroatoms. The van der Waals surface area contributed by atoms with Gasteiger partial charge >= 0.3 is 0 Å². The lowest BCUT2D eigenvalue weighted by Gasteiger charge is -2.11. The van der Waals surface area contributed by atoms with Gasteiger partial charge in [0.25, 0.3) is 0 Å². The van der Waals surface area contributed by atoms with Gasteiger partial charge in [-0.25, -0.2) is 0 Å². The quantitative estimate of drug-likeness (QED) is 0.398. The van der Waals surface area contributed by atoms with Gasteiger partial charge in [-0.1, -0.05) is 55.4 Å². The Bertz CT molecular complexity index is 865. The minimum Gasteiger partial charge on any atom is -0.313 e. The summed E-state index contributed by atoms with van der Waals surface area (Å²) in [4.78, 5) is 0. The van der Waals surface area contributed by atoms with E-state index in [9.17, 15) is 0 Å². The summed E-state index contributed by atoms with van der Waals surface area (Å²) in [7, 11) is 0. The lowest BCUT2D eigenvalue weighted by molar-refractivity contribution is 0.476. The lowest BCUT2D eigenvalue weighted by atomic mass is 10.1. The van der Waals surface area contributed by atoms with Crippen molar-refractivity contribution in [3.05, 3.63) is 47.4 Å². The van der Waals surface area contributed by atoms with Gasteiger partial charge in [0, 0.05) is 25.1 Å². The van der Waals surface area contributed by atoms with Crippen LogP contribution in [0, 0.1) is 12.8 Å². The first kappa shape index (κ1) is 20.6. The zero-order valence-electron chi connectivity index (χ0n) is 17.2. The van der Waals surface area contributed by atoms with Gasteiger partial charge in [-0.2, -0.15) is 5.10 Å². The third-order valence-electron chi connectivity index (χ3n) is 4.65. The Hall–Kier alpha value is -2.12. The molecule has 0 atom stereocenters. The number of thioether (sulfide) groups is 1. The number of nitrogens with zero attached hydrogens (tertiary/aromatic N) is 4. The lowest BCUT2D eigenvalue weighted by Crippen LogP contribution is -2.17. The molecule has 2 aromatic heterocycles. The highest BCUT2D eigenvalue weighted by atomic mass is 32.2. The van der Waals surface area contributed by atoms with Gasteiger partial charge in [0.1, 0.15) is 5.82 Å². The molecule has 150 valence electrons. The fourth-order valence-corrected chi connectivity index (χ4v) is 3.74. The number of hydrogen-bond acceptors (Lipinski definition) is 5. The van der Waals surface area contributed by atoms with E-state index in [0.29, 0.717) is 5.92 Å². The molecule has 2 N–H and O–H groups in total. The van der Waals surface area contributed by atoms with E-state index >= 15 is 0 Å². The van der Waals surface area contributed by atoms with Crippen molar-refractivity contribution in [1.82, 2.24) is 30.3 Å². The Labute approximate surface area is 171 Å². The molecular formula is C21H30N6S. The van der Waals surface area contributed by atoms with Crippen molar-refractivity contribution in [2.45, 2.75) is 51.9 Å². The highest BCUT2D eigenvalue weighted by Crippen LogP contribution is 2.21. The molecule has 0 saturated carbocycles. The Balaban J connectivity index is 1.51. The summed E-state index contributed by atoms with van der Waals surface area (Å²) in [5, 5.41) is 20.6. The van der Waals surface area contributed by atoms with Crippen LogP contribution in [0.5, 0.6) is 0 Å². The van der Waals surface area contributed by atoms with Crippen LogP contribution in [-0.4, -0.2) is 37.8 Å². The molecule has 0 aliphatic heterocycles. The third-order valence-corrected chi connectivity index (χ3v) is 5.32. The van der Waals surface area contributed by atoms with Crippen molar-refractivity contribution in [2.24, 2.45) is 5.92 Å². The van der Waals surface area contributed by atoms with Crippen molar-refractivity contribution in [2.75, 3.05) is 12.8 Å². The molecule has 3 aromatic rings. The Morgan fingerprint density at radius 2 is 1.96 bits per heavy atom. The summed E-state index contributed by atoms with van der Waals surface area (Å²) in [5.74, 6) is 1.67. The van der Waals surface area contributed by atoms with Crippen LogP contribution in [0.2, 0.25) is 0 Å². The van der Waals surface area contributed by atoms with Gasteiger partial charge < -0.3 is 9.88 Å². The molecule has 28 heavy (non-hydrogen) atoms.